The number of hydrogen-bond acceptors (Lipinski definition) is 4. The molecule has 1 aromatic carbocycles. The Labute approximate surface area is 126 Å². The fourth-order valence-electron chi connectivity index (χ4n) is 1.82. The molecule has 0 amide bonds. The molecule has 1 rings (SSSR count). The van der Waals surface area contributed by atoms with Crippen molar-refractivity contribution in [3.05, 3.63) is 22.7 Å². The zero-order chi connectivity index (χ0) is 14.8. The predicted octanol–water partition coefficient (Wildman–Crippen LogP) is 2.92. The van der Waals surface area contributed by atoms with Crippen LogP contribution < -0.4 is 14.8 Å². The summed E-state index contributed by atoms with van der Waals surface area (Å²) in [7, 11) is 3.21. The minimum Gasteiger partial charge on any atom is -0.493 e. The van der Waals surface area contributed by atoms with Gasteiger partial charge in [-0.2, -0.15) is 0 Å². The van der Waals surface area contributed by atoms with Crippen LogP contribution in [0.3, 0.4) is 0 Å². The number of nitrogens with one attached hydrogen (secondary N) is 1. The van der Waals surface area contributed by atoms with Crippen LogP contribution in [0.15, 0.2) is 12.1 Å². The minimum atomic E-state index is 0.642. The Hall–Kier alpha value is -0.970. The third-order valence-corrected chi connectivity index (χ3v) is 3.27. The van der Waals surface area contributed by atoms with Crippen molar-refractivity contribution in [1.82, 2.24) is 5.32 Å². The first kappa shape index (κ1) is 17.1. The van der Waals surface area contributed by atoms with Crippen LogP contribution in [0.1, 0.15) is 18.9 Å². The topological polar surface area (TPSA) is 39.7 Å². The predicted molar refractivity (Wildman–Crippen MR) is 82.2 cm³/mol. The highest BCUT2D eigenvalue weighted by Gasteiger charge is 2.09. The molecule has 0 saturated carbocycles. The minimum absolute atomic E-state index is 0.642. The van der Waals surface area contributed by atoms with Gasteiger partial charge in [-0.15, -0.1) is 0 Å². The molecule has 0 saturated heterocycles. The third kappa shape index (κ3) is 5.57. The van der Waals surface area contributed by atoms with Crippen LogP contribution in [0, 0.1) is 0 Å². The van der Waals surface area contributed by atoms with Gasteiger partial charge < -0.3 is 19.5 Å². The van der Waals surface area contributed by atoms with Crippen molar-refractivity contribution in [2.24, 2.45) is 0 Å². The molecule has 0 unspecified atom stereocenters. The second-order valence-electron chi connectivity index (χ2n) is 4.41. The molecule has 1 aromatic rings. The van der Waals surface area contributed by atoms with Gasteiger partial charge in [0.1, 0.15) is 0 Å². The summed E-state index contributed by atoms with van der Waals surface area (Å²) < 4.78 is 16.0. The summed E-state index contributed by atoms with van der Waals surface area (Å²) in [5.41, 5.74) is 1.01. The normalized spacial score (nSPS) is 10.6. The van der Waals surface area contributed by atoms with Gasteiger partial charge in [0.25, 0.3) is 0 Å². The fraction of sp³-hybridized carbons (Fsp3) is 0.600. The highest BCUT2D eigenvalue weighted by molar-refractivity contribution is 6.31. The third-order valence-electron chi connectivity index (χ3n) is 2.92. The maximum atomic E-state index is 6.21. The molecule has 0 radical (unpaired) electrons. The van der Waals surface area contributed by atoms with E-state index in [1.807, 2.05) is 6.07 Å². The fourth-order valence-corrected chi connectivity index (χ4v) is 2.07. The molecule has 0 spiro atoms. The average Bonchev–Trinajstić information content (AvgIpc) is 2.47. The summed E-state index contributed by atoms with van der Waals surface area (Å²) in [4.78, 5) is 0. The van der Waals surface area contributed by atoms with Gasteiger partial charge in [0.2, 0.25) is 0 Å². The lowest BCUT2D eigenvalue weighted by molar-refractivity contribution is 0.139. The number of halogens is 1. The summed E-state index contributed by atoms with van der Waals surface area (Å²) in [6.07, 6.45) is 1.90. The van der Waals surface area contributed by atoms with Crippen LogP contribution >= 0.6 is 11.6 Å². The summed E-state index contributed by atoms with van der Waals surface area (Å²) in [5, 5.41) is 3.97. The highest BCUT2D eigenvalue weighted by atomic mass is 35.5. The molecule has 114 valence electrons. The largest absolute Gasteiger partial charge is 0.493 e. The zero-order valence-electron chi connectivity index (χ0n) is 12.5. The van der Waals surface area contributed by atoms with Crippen molar-refractivity contribution >= 4 is 11.6 Å². The van der Waals surface area contributed by atoms with E-state index in [-0.39, 0.29) is 0 Å². The number of methoxy groups -OCH3 is 2. The summed E-state index contributed by atoms with van der Waals surface area (Å²) >= 11 is 6.21. The van der Waals surface area contributed by atoms with E-state index in [0.717, 1.165) is 31.5 Å². The van der Waals surface area contributed by atoms with Gasteiger partial charge in [0.15, 0.2) is 11.5 Å². The lowest BCUT2D eigenvalue weighted by Gasteiger charge is -2.12. The van der Waals surface area contributed by atoms with E-state index in [9.17, 15) is 0 Å². The quantitative estimate of drug-likeness (QED) is 0.675. The van der Waals surface area contributed by atoms with Crippen molar-refractivity contribution in [2.45, 2.75) is 19.8 Å². The van der Waals surface area contributed by atoms with Crippen molar-refractivity contribution in [3.8, 4) is 11.5 Å². The molecular weight excluding hydrogens is 278 g/mol. The average molecular weight is 302 g/mol. The molecule has 4 nitrogen and oxygen atoms in total. The Bertz CT molecular complexity index is 399. The summed E-state index contributed by atoms with van der Waals surface area (Å²) in [6.45, 7) is 5.42. The van der Waals surface area contributed by atoms with Gasteiger partial charge >= 0.3 is 0 Å². The van der Waals surface area contributed by atoms with E-state index in [2.05, 4.69) is 12.2 Å². The molecule has 0 aliphatic carbocycles. The number of rotatable bonds is 10. The van der Waals surface area contributed by atoms with Gasteiger partial charge in [0, 0.05) is 17.6 Å². The van der Waals surface area contributed by atoms with Crippen molar-refractivity contribution in [2.75, 3.05) is 40.5 Å². The second-order valence-corrected chi connectivity index (χ2v) is 4.82. The molecule has 0 fully saturated rings. The maximum absolute atomic E-state index is 6.21. The van der Waals surface area contributed by atoms with E-state index >= 15 is 0 Å². The first-order chi connectivity index (χ1) is 9.72. The van der Waals surface area contributed by atoms with Gasteiger partial charge in [-0.05, 0) is 31.0 Å². The van der Waals surface area contributed by atoms with Gasteiger partial charge in [-0.1, -0.05) is 18.5 Å². The highest BCUT2D eigenvalue weighted by Crippen LogP contribution is 2.33. The molecule has 5 heteroatoms. The van der Waals surface area contributed by atoms with Crippen LogP contribution in [0.2, 0.25) is 5.02 Å². The van der Waals surface area contributed by atoms with Crippen LogP contribution in [0.4, 0.5) is 0 Å². The Morgan fingerprint density at radius 2 is 1.75 bits per heavy atom. The smallest absolute Gasteiger partial charge is 0.162 e. The molecule has 0 aliphatic rings. The Morgan fingerprint density at radius 3 is 2.40 bits per heavy atom. The van der Waals surface area contributed by atoms with Gasteiger partial charge in [-0.3, -0.25) is 0 Å². The van der Waals surface area contributed by atoms with E-state index in [1.54, 1.807) is 20.3 Å². The molecule has 0 atom stereocenters. The van der Waals surface area contributed by atoms with Crippen LogP contribution in [0.5, 0.6) is 11.5 Å². The SMILES string of the molecule is CCCNCCOCCc1cc(OC)c(OC)cc1Cl. The molecule has 0 aliphatic heterocycles. The van der Waals surface area contributed by atoms with Crippen LogP contribution in [-0.4, -0.2) is 40.5 Å². The molecular formula is C15H24ClNO3. The number of ether oxygens (including phenoxy) is 3. The standard InChI is InChI=1S/C15H24ClNO3/c1-4-6-17-7-9-20-8-5-12-10-14(18-2)15(19-3)11-13(12)16/h10-11,17H,4-9H2,1-3H3. The Kier molecular flexibility index (Phi) is 8.42. The Morgan fingerprint density at radius 1 is 1.05 bits per heavy atom. The number of benzene rings is 1. The van der Waals surface area contributed by atoms with E-state index in [4.69, 9.17) is 25.8 Å². The first-order valence-electron chi connectivity index (χ1n) is 6.91. The van der Waals surface area contributed by atoms with E-state index in [1.165, 1.54) is 0 Å². The Balaban J connectivity index is 2.40. The number of hydrogen-bond donors (Lipinski definition) is 1. The summed E-state index contributed by atoms with van der Waals surface area (Å²) in [6, 6.07) is 3.68. The second kappa shape index (κ2) is 9.86. The lowest BCUT2D eigenvalue weighted by Crippen LogP contribution is -2.20. The van der Waals surface area contributed by atoms with E-state index < -0.39 is 0 Å². The van der Waals surface area contributed by atoms with Crippen molar-refractivity contribution in [1.29, 1.82) is 0 Å². The van der Waals surface area contributed by atoms with Crippen molar-refractivity contribution < 1.29 is 14.2 Å². The van der Waals surface area contributed by atoms with Crippen LogP contribution in [-0.2, 0) is 11.2 Å². The van der Waals surface area contributed by atoms with Crippen molar-refractivity contribution in [3.63, 3.8) is 0 Å². The van der Waals surface area contributed by atoms with Crippen LogP contribution in [0.25, 0.3) is 0 Å². The molecule has 0 aromatic heterocycles. The molecule has 0 heterocycles. The summed E-state index contributed by atoms with van der Waals surface area (Å²) in [5.74, 6) is 1.34. The molecule has 0 bridgehead atoms. The maximum Gasteiger partial charge on any atom is 0.162 e. The zero-order valence-corrected chi connectivity index (χ0v) is 13.3. The first-order valence-corrected chi connectivity index (χ1v) is 7.29. The van der Waals surface area contributed by atoms with E-state index in [0.29, 0.717) is 29.7 Å². The lowest BCUT2D eigenvalue weighted by atomic mass is 10.1. The molecule has 20 heavy (non-hydrogen) atoms. The monoisotopic (exact) mass is 301 g/mol. The van der Waals surface area contributed by atoms with Gasteiger partial charge in [0.05, 0.1) is 27.4 Å². The molecule has 1 N–H and O–H groups in total. The van der Waals surface area contributed by atoms with Gasteiger partial charge in [-0.25, -0.2) is 0 Å².